The molecule has 1 fully saturated rings. The van der Waals surface area contributed by atoms with Gasteiger partial charge in [0.05, 0.1) is 11.7 Å². The zero-order valence-electron chi connectivity index (χ0n) is 9.88. The molecule has 0 saturated heterocycles. The van der Waals surface area contributed by atoms with Crippen LogP contribution in [0.2, 0.25) is 0 Å². The van der Waals surface area contributed by atoms with Crippen molar-refractivity contribution in [1.82, 2.24) is 0 Å². The van der Waals surface area contributed by atoms with Gasteiger partial charge in [-0.05, 0) is 19.8 Å². The second kappa shape index (κ2) is 6.15. The summed E-state index contributed by atoms with van der Waals surface area (Å²) in [4.78, 5) is 0. The van der Waals surface area contributed by atoms with Crippen molar-refractivity contribution in [3.8, 4) is 11.8 Å². The molecule has 0 radical (unpaired) electrons. The van der Waals surface area contributed by atoms with E-state index in [1.807, 2.05) is 0 Å². The lowest BCUT2D eigenvalue weighted by Crippen LogP contribution is -2.43. The maximum absolute atomic E-state index is 10.2. The van der Waals surface area contributed by atoms with Crippen molar-refractivity contribution >= 4 is 0 Å². The van der Waals surface area contributed by atoms with Crippen LogP contribution in [0.3, 0.4) is 0 Å². The molecule has 1 atom stereocenters. The molecule has 15 heavy (non-hydrogen) atoms. The number of aliphatic hydroxyl groups is 1. The van der Waals surface area contributed by atoms with Crippen LogP contribution in [-0.4, -0.2) is 23.9 Å². The van der Waals surface area contributed by atoms with E-state index >= 15 is 0 Å². The third-order valence-corrected chi connectivity index (χ3v) is 3.44. The second-order valence-corrected chi connectivity index (χ2v) is 4.33. The molecule has 0 spiro atoms. The molecule has 0 bridgehead atoms. The molecule has 1 unspecified atom stereocenters. The molecule has 0 aromatic carbocycles. The average Bonchev–Trinajstić information content (AvgIpc) is 2.52. The van der Waals surface area contributed by atoms with Gasteiger partial charge < -0.3 is 9.84 Å². The van der Waals surface area contributed by atoms with Gasteiger partial charge in [-0.25, -0.2) is 0 Å². The Hall–Kier alpha value is -0.520. The summed E-state index contributed by atoms with van der Waals surface area (Å²) in [5, 5.41) is 10.2. The Bertz CT molecular complexity index is 229. The number of aliphatic hydroxyl groups excluding tert-OH is 1. The fourth-order valence-electron chi connectivity index (χ4n) is 2.39. The largest absolute Gasteiger partial charge is 0.389 e. The van der Waals surface area contributed by atoms with Gasteiger partial charge in [0, 0.05) is 13.5 Å². The summed E-state index contributed by atoms with van der Waals surface area (Å²) in [6.07, 6.45) is 6.87. The molecular weight excluding hydrogens is 188 g/mol. The van der Waals surface area contributed by atoms with E-state index in [4.69, 9.17) is 4.74 Å². The molecule has 86 valence electrons. The topological polar surface area (TPSA) is 29.5 Å². The van der Waals surface area contributed by atoms with E-state index in [1.165, 1.54) is 12.8 Å². The van der Waals surface area contributed by atoms with E-state index in [1.54, 1.807) is 14.0 Å². The van der Waals surface area contributed by atoms with Gasteiger partial charge in [0.25, 0.3) is 0 Å². The van der Waals surface area contributed by atoms with Crippen LogP contribution in [0.5, 0.6) is 0 Å². The van der Waals surface area contributed by atoms with Crippen molar-refractivity contribution in [2.45, 2.75) is 63.6 Å². The van der Waals surface area contributed by atoms with Gasteiger partial charge >= 0.3 is 0 Å². The quantitative estimate of drug-likeness (QED) is 0.573. The molecule has 1 aliphatic rings. The Morgan fingerprint density at radius 1 is 1.27 bits per heavy atom. The predicted octanol–water partition coefficient (Wildman–Crippen LogP) is 2.50. The molecule has 1 saturated carbocycles. The minimum Gasteiger partial charge on any atom is -0.389 e. The first kappa shape index (κ1) is 12.5. The van der Waals surface area contributed by atoms with Crippen LogP contribution in [0.4, 0.5) is 0 Å². The highest BCUT2D eigenvalue weighted by molar-refractivity contribution is 5.02. The molecule has 1 N–H and O–H groups in total. The van der Waals surface area contributed by atoms with E-state index in [2.05, 4.69) is 11.8 Å². The van der Waals surface area contributed by atoms with Crippen LogP contribution < -0.4 is 0 Å². The van der Waals surface area contributed by atoms with Crippen molar-refractivity contribution in [3.63, 3.8) is 0 Å². The van der Waals surface area contributed by atoms with E-state index in [0.29, 0.717) is 6.42 Å². The van der Waals surface area contributed by atoms with Gasteiger partial charge in [-0.1, -0.05) is 25.7 Å². The summed E-state index contributed by atoms with van der Waals surface area (Å²) < 4.78 is 5.60. The van der Waals surface area contributed by atoms with Gasteiger partial charge in [0.15, 0.2) is 0 Å². The highest BCUT2D eigenvalue weighted by atomic mass is 16.5. The Kier molecular flexibility index (Phi) is 5.14. The van der Waals surface area contributed by atoms with Crippen molar-refractivity contribution in [3.05, 3.63) is 0 Å². The summed E-state index contributed by atoms with van der Waals surface area (Å²) in [5.74, 6) is 5.77. The van der Waals surface area contributed by atoms with Crippen LogP contribution in [0.1, 0.15) is 51.9 Å². The molecule has 1 aliphatic carbocycles. The molecule has 0 aromatic heterocycles. The molecule has 0 aliphatic heterocycles. The number of hydrogen-bond acceptors (Lipinski definition) is 2. The lowest BCUT2D eigenvalue weighted by atomic mass is 9.86. The third kappa shape index (κ3) is 3.22. The third-order valence-electron chi connectivity index (χ3n) is 3.44. The maximum atomic E-state index is 10.2. The zero-order chi connectivity index (χ0) is 11.1. The van der Waals surface area contributed by atoms with Crippen LogP contribution in [-0.2, 0) is 4.74 Å². The number of ether oxygens (including phenoxy) is 1. The van der Waals surface area contributed by atoms with Crippen LogP contribution in [0.25, 0.3) is 0 Å². The van der Waals surface area contributed by atoms with Crippen LogP contribution >= 0.6 is 0 Å². The fraction of sp³-hybridized carbons (Fsp3) is 0.846. The van der Waals surface area contributed by atoms with Gasteiger partial charge in [0.2, 0.25) is 0 Å². The zero-order valence-corrected chi connectivity index (χ0v) is 9.88. The summed E-state index contributed by atoms with van der Waals surface area (Å²) in [6, 6.07) is 0. The Labute approximate surface area is 93.0 Å². The Morgan fingerprint density at radius 2 is 1.87 bits per heavy atom. The van der Waals surface area contributed by atoms with Crippen molar-refractivity contribution in [2.24, 2.45) is 0 Å². The highest BCUT2D eigenvalue weighted by Gasteiger charge is 2.37. The van der Waals surface area contributed by atoms with Gasteiger partial charge in [-0.15, -0.1) is 11.8 Å². The predicted molar refractivity (Wildman–Crippen MR) is 61.5 cm³/mol. The summed E-state index contributed by atoms with van der Waals surface area (Å²) in [5.41, 5.74) is -0.333. The van der Waals surface area contributed by atoms with Gasteiger partial charge in [-0.3, -0.25) is 0 Å². The lowest BCUT2D eigenvalue weighted by molar-refractivity contribution is -0.109. The number of methoxy groups -OCH3 is 1. The molecular formula is C13H22O2. The fourth-order valence-corrected chi connectivity index (χ4v) is 2.39. The standard InChI is InChI=1S/C13H22O2/c1-3-4-9-12(14)13(15-2)10-7-5-6-8-11-13/h12,14H,5-11H2,1-2H3. The molecule has 0 aromatic rings. The molecule has 1 rings (SSSR count). The van der Waals surface area contributed by atoms with Gasteiger partial charge in [0.1, 0.15) is 0 Å². The first-order valence-electron chi connectivity index (χ1n) is 5.88. The van der Waals surface area contributed by atoms with E-state index < -0.39 is 6.10 Å². The Balaban J connectivity index is 2.65. The number of hydrogen-bond donors (Lipinski definition) is 1. The maximum Gasteiger partial charge on any atom is 0.0945 e. The monoisotopic (exact) mass is 210 g/mol. The average molecular weight is 210 g/mol. The van der Waals surface area contributed by atoms with E-state index in [0.717, 1.165) is 25.7 Å². The van der Waals surface area contributed by atoms with Crippen molar-refractivity contribution in [2.75, 3.05) is 7.11 Å². The summed E-state index contributed by atoms with van der Waals surface area (Å²) in [7, 11) is 1.72. The van der Waals surface area contributed by atoms with Crippen LogP contribution in [0.15, 0.2) is 0 Å². The summed E-state index contributed by atoms with van der Waals surface area (Å²) in [6.45, 7) is 1.80. The Morgan fingerprint density at radius 3 is 2.33 bits per heavy atom. The minimum absolute atomic E-state index is 0.333. The van der Waals surface area contributed by atoms with Gasteiger partial charge in [-0.2, -0.15) is 0 Å². The SMILES string of the molecule is CC#CCC(O)C1(OC)CCCCCC1. The van der Waals surface area contributed by atoms with Crippen LogP contribution in [0, 0.1) is 11.8 Å². The first-order chi connectivity index (χ1) is 7.25. The van der Waals surface area contributed by atoms with E-state index in [9.17, 15) is 5.11 Å². The van der Waals surface area contributed by atoms with Crippen molar-refractivity contribution < 1.29 is 9.84 Å². The molecule has 0 amide bonds. The minimum atomic E-state index is -0.437. The highest BCUT2D eigenvalue weighted by Crippen LogP contribution is 2.33. The molecule has 0 heterocycles. The normalized spacial score (nSPS) is 22.3. The summed E-state index contributed by atoms with van der Waals surface area (Å²) >= 11 is 0. The molecule has 2 nitrogen and oxygen atoms in total. The number of rotatable bonds is 3. The second-order valence-electron chi connectivity index (χ2n) is 4.33. The smallest absolute Gasteiger partial charge is 0.0945 e. The van der Waals surface area contributed by atoms with Crippen molar-refractivity contribution in [1.29, 1.82) is 0 Å². The first-order valence-corrected chi connectivity index (χ1v) is 5.88. The molecule has 2 heteroatoms. The van der Waals surface area contributed by atoms with E-state index in [-0.39, 0.29) is 5.60 Å². The lowest BCUT2D eigenvalue weighted by Gasteiger charge is -2.35.